The summed E-state index contributed by atoms with van der Waals surface area (Å²) >= 11 is 0. The van der Waals surface area contributed by atoms with Gasteiger partial charge in [0.05, 0.1) is 5.69 Å². The molecule has 3 atom stereocenters. The van der Waals surface area contributed by atoms with Crippen molar-refractivity contribution in [3.05, 3.63) is 90.0 Å². The molecule has 3 aromatic carbocycles. The quantitative estimate of drug-likeness (QED) is 0.463. The van der Waals surface area contributed by atoms with Gasteiger partial charge in [0.1, 0.15) is 6.10 Å². The third kappa shape index (κ3) is 5.92. The third-order valence-electron chi connectivity index (χ3n) is 7.45. The van der Waals surface area contributed by atoms with Gasteiger partial charge in [-0.05, 0) is 60.3 Å². The number of likely N-dealkylation sites (tertiary alicyclic amines) is 1. The van der Waals surface area contributed by atoms with Crippen LogP contribution in [0.5, 0.6) is 0 Å². The van der Waals surface area contributed by atoms with Gasteiger partial charge >= 0.3 is 6.09 Å². The fourth-order valence-corrected chi connectivity index (χ4v) is 5.66. The highest BCUT2D eigenvalue weighted by Gasteiger charge is 2.42. The molecule has 1 amide bonds. The van der Waals surface area contributed by atoms with Crippen molar-refractivity contribution >= 4 is 11.8 Å². The van der Waals surface area contributed by atoms with E-state index in [1.165, 1.54) is 11.1 Å². The van der Waals surface area contributed by atoms with Gasteiger partial charge in [0, 0.05) is 31.8 Å². The number of fused-ring (bicyclic) bond motifs is 1. The second-order valence-corrected chi connectivity index (χ2v) is 9.86. The molecule has 182 valence electrons. The molecule has 0 unspecified atom stereocenters. The number of hydrogen-bond acceptors (Lipinski definition) is 4. The van der Waals surface area contributed by atoms with E-state index in [0.29, 0.717) is 11.8 Å². The fraction of sp³-hybridized carbons (Fsp3) is 0.367. The number of ether oxygens (including phenoxy) is 1. The molecule has 0 spiro atoms. The summed E-state index contributed by atoms with van der Waals surface area (Å²) in [4.78, 5) is 15.3. The molecule has 1 aliphatic heterocycles. The average Bonchev–Trinajstić information content (AvgIpc) is 3.43. The smallest absolute Gasteiger partial charge is 0.411 e. The van der Waals surface area contributed by atoms with Crippen LogP contribution in [0.15, 0.2) is 78.9 Å². The summed E-state index contributed by atoms with van der Waals surface area (Å²) in [5, 5.41) is 12.0. The number of para-hydroxylation sites is 1. The molecule has 0 radical (unpaired) electrons. The largest absolute Gasteiger partial charge is 0.446 e. The highest BCUT2D eigenvalue weighted by molar-refractivity contribution is 5.91. The van der Waals surface area contributed by atoms with E-state index in [9.17, 15) is 4.79 Å². The predicted octanol–water partition coefficient (Wildman–Crippen LogP) is 5.39. The number of carbonyl (C=O) groups is 1. The fourth-order valence-electron chi connectivity index (χ4n) is 5.66. The molecular formula is C30H34N2O3. The Bertz CT molecular complexity index is 1100. The number of carbonyl (C=O) groups excluding carboxylic acids is 1. The van der Waals surface area contributed by atoms with Gasteiger partial charge in [-0.25, -0.2) is 4.79 Å². The molecule has 35 heavy (non-hydrogen) atoms. The summed E-state index contributed by atoms with van der Waals surface area (Å²) in [7, 11) is 0. The Morgan fingerprint density at radius 1 is 0.857 bits per heavy atom. The molecule has 1 saturated heterocycles. The van der Waals surface area contributed by atoms with Crippen LogP contribution in [0.4, 0.5) is 10.5 Å². The first-order valence-corrected chi connectivity index (χ1v) is 12.7. The molecular weight excluding hydrogens is 436 g/mol. The number of aliphatic hydroxyl groups is 1. The van der Waals surface area contributed by atoms with Gasteiger partial charge in [-0.2, -0.15) is 0 Å². The topological polar surface area (TPSA) is 61.8 Å². The summed E-state index contributed by atoms with van der Waals surface area (Å²) in [6.07, 6.45) is 3.30. The molecule has 2 aliphatic rings. The minimum absolute atomic E-state index is 0.00453. The van der Waals surface area contributed by atoms with Gasteiger partial charge in [0.2, 0.25) is 0 Å². The number of rotatable bonds is 8. The van der Waals surface area contributed by atoms with Crippen LogP contribution < -0.4 is 5.32 Å². The highest BCUT2D eigenvalue weighted by atomic mass is 16.6. The summed E-state index contributed by atoms with van der Waals surface area (Å²) in [5.74, 6) is 1.22. The molecule has 5 nitrogen and oxygen atoms in total. The number of anilines is 1. The Labute approximate surface area is 207 Å². The Balaban J connectivity index is 1.08. The van der Waals surface area contributed by atoms with Crippen LogP contribution in [-0.2, 0) is 17.6 Å². The Hall–Kier alpha value is -3.15. The maximum absolute atomic E-state index is 12.7. The lowest BCUT2D eigenvalue weighted by Crippen LogP contribution is -2.27. The van der Waals surface area contributed by atoms with Crippen molar-refractivity contribution in [1.82, 2.24) is 4.90 Å². The first-order valence-electron chi connectivity index (χ1n) is 12.7. The monoisotopic (exact) mass is 470 g/mol. The van der Waals surface area contributed by atoms with Crippen LogP contribution in [0.1, 0.15) is 24.0 Å². The van der Waals surface area contributed by atoms with Crippen LogP contribution in [0, 0.1) is 11.8 Å². The predicted molar refractivity (Wildman–Crippen MR) is 139 cm³/mol. The van der Waals surface area contributed by atoms with Gasteiger partial charge in [-0.1, -0.05) is 72.8 Å². The maximum Gasteiger partial charge on any atom is 0.411 e. The first-order chi connectivity index (χ1) is 17.2. The normalized spacial score (nSPS) is 21.6. The zero-order chi connectivity index (χ0) is 24.0. The van der Waals surface area contributed by atoms with E-state index in [2.05, 4.69) is 34.5 Å². The van der Waals surface area contributed by atoms with E-state index in [1.54, 1.807) is 0 Å². The summed E-state index contributed by atoms with van der Waals surface area (Å²) < 4.78 is 5.85. The molecule has 0 aromatic heterocycles. The van der Waals surface area contributed by atoms with Gasteiger partial charge in [-0.3, -0.25) is 5.32 Å². The molecule has 2 fully saturated rings. The zero-order valence-corrected chi connectivity index (χ0v) is 20.1. The second kappa shape index (κ2) is 11.1. The third-order valence-corrected chi connectivity index (χ3v) is 7.45. The van der Waals surface area contributed by atoms with Crippen LogP contribution in [0.2, 0.25) is 0 Å². The van der Waals surface area contributed by atoms with E-state index in [-0.39, 0.29) is 18.8 Å². The van der Waals surface area contributed by atoms with Gasteiger partial charge in [0.25, 0.3) is 0 Å². The number of benzene rings is 3. The van der Waals surface area contributed by atoms with Crippen molar-refractivity contribution in [2.75, 3.05) is 31.6 Å². The van der Waals surface area contributed by atoms with Crippen LogP contribution in [0.25, 0.3) is 11.1 Å². The van der Waals surface area contributed by atoms with Crippen LogP contribution in [0.3, 0.4) is 0 Å². The Kier molecular flexibility index (Phi) is 7.45. The zero-order valence-electron chi connectivity index (χ0n) is 20.1. The molecule has 2 N–H and O–H groups in total. The number of nitrogens with one attached hydrogen (secondary N) is 1. The van der Waals surface area contributed by atoms with Crippen molar-refractivity contribution in [1.29, 1.82) is 0 Å². The summed E-state index contributed by atoms with van der Waals surface area (Å²) in [6.45, 7) is 3.44. The molecule has 0 bridgehead atoms. The molecule has 3 aromatic rings. The molecule has 1 aliphatic carbocycles. The number of nitrogens with zero attached hydrogens (tertiary/aromatic N) is 1. The lowest BCUT2D eigenvalue weighted by Gasteiger charge is -2.20. The molecule has 5 heteroatoms. The van der Waals surface area contributed by atoms with Gasteiger partial charge < -0.3 is 14.7 Å². The van der Waals surface area contributed by atoms with Crippen molar-refractivity contribution in [2.45, 2.75) is 31.8 Å². The number of amides is 1. The maximum atomic E-state index is 12.7. The summed E-state index contributed by atoms with van der Waals surface area (Å²) in [5.41, 5.74) is 5.37. The number of hydrogen-bond donors (Lipinski definition) is 2. The van der Waals surface area contributed by atoms with E-state index >= 15 is 0 Å². The molecule has 1 saturated carbocycles. The minimum atomic E-state index is -0.361. The number of aliphatic hydroxyl groups excluding tert-OH is 1. The summed E-state index contributed by atoms with van der Waals surface area (Å²) in [6, 6.07) is 26.5. The Morgan fingerprint density at radius 3 is 2.17 bits per heavy atom. The van der Waals surface area contributed by atoms with Crippen molar-refractivity contribution < 1.29 is 14.6 Å². The lowest BCUT2D eigenvalue weighted by atomic mass is 10.0. The van der Waals surface area contributed by atoms with E-state index in [1.807, 2.05) is 54.6 Å². The van der Waals surface area contributed by atoms with E-state index in [0.717, 1.165) is 62.1 Å². The standard InChI is InChI=1S/C30H34N2O3/c33-17-15-23-12-10-22(11-13-23)14-16-32-20-25-18-27(19-26(25)21-32)35-30(34)31-29-9-5-4-8-28(29)24-6-2-1-3-7-24/h1-13,25-27,33H,14-21H2,(H,31,34)/t25-,26+,27-. The van der Waals surface area contributed by atoms with E-state index < -0.39 is 0 Å². The average molecular weight is 471 g/mol. The van der Waals surface area contributed by atoms with Gasteiger partial charge in [0.15, 0.2) is 0 Å². The van der Waals surface area contributed by atoms with Gasteiger partial charge in [-0.15, -0.1) is 0 Å². The van der Waals surface area contributed by atoms with Crippen molar-refractivity contribution in [3.63, 3.8) is 0 Å². The van der Waals surface area contributed by atoms with Crippen LogP contribution in [-0.4, -0.2) is 48.4 Å². The molecule has 1 heterocycles. The Morgan fingerprint density at radius 2 is 1.49 bits per heavy atom. The van der Waals surface area contributed by atoms with Crippen molar-refractivity contribution in [3.8, 4) is 11.1 Å². The first kappa shape index (κ1) is 23.6. The van der Waals surface area contributed by atoms with Crippen LogP contribution >= 0.6 is 0 Å². The van der Waals surface area contributed by atoms with Crippen molar-refractivity contribution in [2.24, 2.45) is 11.8 Å². The lowest BCUT2D eigenvalue weighted by molar-refractivity contribution is 0.106. The SMILES string of the molecule is O=C(Nc1ccccc1-c1ccccc1)O[C@@H]1C[C@@H]2CN(CCc3ccc(CCO)cc3)C[C@@H]2C1. The van der Waals surface area contributed by atoms with E-state index in [4.69, 9.17) is 9.84 Å². The minimum Gasteiger partial charge on any atom is -0.446 e. The highest BCUT2D eigenvalue weighted by Crippen LogP contribution is 2.39. The second-order valence-electron chi connectivity index (χ2n) is 9.86. The molecule has 5 rings (SSSR count).